The lowest BCUT2D eigenvalue weighted by Crippen LogP contribution is -2.43. The molecule has 1 aliphatic heterocycles. The van der Waals surface area contributed by atoms with Gasteiger partial charge in [0.25, 0.3) is 5.91 Å². The molecule has 1 aliphatic rings. The fourth-order valence-corrected chi connectivity index (χ4v) is 3.67. The van der Waals surface area contributed by atoms with Crippen molar-refractivity contribution in [2.45, 2.75) is 25.5 Å². The van der Waals surface area contributed by atoms with Crippen molar-refractivity contribution >= 4 is 11.6 Å². The summed E-state index contributed by atoms with van der Waals surface area (Å²) in [6.45, 7) is 1.97. The van der Waals surface area contributed by atoms with Crippen molar-refractivity contribution in [3.05, 3.63) is 90.0 Å². The van der Waals surface area contributed by atoms with E-state index >= 15 is 0 Å². The van der Waals surface area contributed by atoms with Gasteiger partial charge < -0.3 is 9.84 Å². The minimum Gasteiger partial charge on any atom is -0.497 e. The van der Waals surface area contributed by atoms with Gasteiger partial charge in [0.15, 0.2) is 5.72 Å². The second kappa shape index (κ2) is 8.13. The second-order valence-electron chi connectivity index (χ2n) is 7.30. The van der Waals surface area contributed by atoms with Gasteiger partial charge in [0.05, 0.1) is 7.11 Å². The van der Waals surface area contributed by atoms with Crippen LogP contribution in [0.5, 0.6) is 5.75 Å². The molecule has 0 saturated carbocycles. The van der Waals surface area contributed by atoms with Gasteiger partial charge >= 0.3 is 0 Å². The summed E-state index contributed by atoms with van der Waals surface area (Å²) in [5.74, 6) is 0.350. The van der Waals surface area contributed by atoms with Crippen molar-refractivity contribution in [3.8, 4) is 16.9 Å². The number of benzene rings is 3. The Morgan fingerprint density at radius 2 is 1.63 bits per heavy atom. The van der Waals surface area contributed by atoms with E-state index in [1.54, 1.807) is 43.5 Å². The van der Waals surface area contributed by atoms with E-state index in [0.717, 1.165) is 16.8 Å². The van der Waals surface area contributed by atoms with E-state index < -0.39 is 5.72 Å². The summed E-state index contributed by atoms with van der Waals surface area (Å²) in [5, 5.41) is 17.2. The minimum atomic E-state index is -1.52. The number of hydrogen-bond acceptors (Lipinski definition) is 4. The first-order valence-electron chi connectivity index (χ1n) is 9.98. The molecular formula is C25H24N2O3. The number of hydrogen-bond donors (Lipinski definition) is 1. The van der Waals surface area contributed by atoms with Crippen LogP contribution in [0, 0.1) is 0 Å². The third kappa shape index (κ3) is 3.60. The number of ether oxygens (including phenoxy) is 1. The molecule has 0 aliphatic carbocycles. The zero-order valence-electron chi connectivity index (χ0n) is 17.1. The lowest BCUT2D eigenvalue weighted by atomic mass is 9.95. The SMILES string of the molecule is CCC1=NN(C(=O)c2ccc(-c3ccccc3)cc2)C(O)(c2ccc(OC)cc2)C1. The Labute approximate surface area is 176 Å². The zero-order valence-corrected chi connectivity index (χ0v) is 17.1. The molecule has 0 spiro atoms. The molecule has 1 heterocycles. The summed E-state index contributed by atoms with van der Waals surface area (Å²) in [6.07, 6.45) is 0.943. The second-order valence-corrected chi connectivity index (χ2v) is 7.30. The Kier molecular flexibility index (Phi) is 5.38. The molecule has 4 rings (SSSR count). The van der Waals surface area contributed by atoms with Gasteiger partial charge in [-0.15, -0.1) is 0 Å². The fraction of sp³-hybridized carbons (Fsp3) is 0.200. The molecule has 5 heteroatoms. The summed E-state index contributed by atoms with van der Waals surface area (Å²) in [6, 6.07) is 24.4. The standard InChI is InChI=1S/C25H24N2O3/c1-3-22-17-25(29,21-13-15-23(30-2)16-14-21)27(26-22)24(28)20-11-9-19(10-12-20)18-7-5-4-6-8-18/h4-16,29H,3,17H2,1-2H3. The maximum atomic E-state index is 13.3. The van der Waals surface area contributed by atoms with Crippen LogP contribution >= 0.6 is 0 Å². The van der Waals surface area contributed by atoms with E-state index in [4.69, 9.17) is 4.74 Å². The van der Waals surface area contributed by atoms with Crippen molar-refractivity contribution in [3.63, 3.8) is 0 Å². The predicted molar refractivity (Wildman–Crippen MR) is 117 cm³/mol. The average Bonchev–Trinajstić information content (AvgIpc) is 3.17. The maximum Gasteiger partial charge on any atom is 0.276 e. The molecule has 152 valence electrons. The molecule has 0 fully saturated rings. The zero-order chi connectivity index (χ0) is 21.1. The van der Waals surface area contributed by atoms with Crippen molar-refractivity contribution < 1.29 is 14.6 Å². The highest BCUT2D eigenvalue weighted by Crippen LogP contribution is 2.37. The summed E-state index contributed by atoms with van der Waals surface area (Å²) in [5.41, 5.74) is 2.44. The van der Waals surface area contributed by atoms with Crippen molar-refractivity contribution in [2.75, 3.05) is 7.11 Å². The molecule has 5 nitrogen and oxygen atoms in total. The van der Waals surface area contributed by atoms with Crippen LogP contribution < -0.4 is 4.74 Å². The van der Waals surface area contributed by atoms with E-state index in [0.29, 0.717) is 23.3 Å². The van der Waals surface area contributed by atoms with Gasteiger partial charge in [0.2, 0.25) is 0 Å². The largest absolute Gasteiger partial charge is 0.497 e. The van der Waals surface area contributed by atoms with Gasteiger partial charge in [-0.3, -0.25) is 4.79 Å². The number of carbonyl (C=O) groups is 1. The van der Waals surface area contributed by atoms with Gasteiger partial charge in [-0.2, -0.15) is 10.1 Å². The Hall–Kier alpha value is -3.44. The fourth-order valence-electron chi connectivity index (χ4n) is 3.67. The first kappa shape index (κ1) is 19.9. The number of rotatable bonds is 5. The number of aliphatic hydroxyl groups is 1. The summed E-state index contributed by atoms with van der Waals surface area (Å²) in [4.78, 5) is 13.3. The molecular weight excluding hydrogens is 376 g/mol. The van der Waals surface area contributed by atoms with Gasteiger partial charge in [0.1, 0.15) is 5.75 Å². The molecule has 1 N–H and O–H groups in total. The van der Waals surface area contributed by atoms with Crippen LogP contribution in [0.15, 0.2) is 84.0 Å². The summed E-state index contributed by atoms with van der Waals surface area (Å²) >= 11 is 0. The Morgan fingerprint density at radius 1 is 1.00 bits per heavy atom. The molecule has 0 aromatic heterocycles. The van der Waals surface area contributed by atoms with Crippen LogP contribution in [0.4, 0.5) is 0 Å². The van der Waals surface area contributed by atoms with Crippen LogP contribution in [0.2, 0.25) is 0 Å². The van der Waals surface area contributed by atoms with Crippen LogP contribution in [-0.2, 0) is 5.72 Å². The Balaban J connectivity index is 1.65. The third-order valence-corrected chi connectivity index (χ3v) is 5.43. The number of hydrazone groups is 1. The van der Waals surface area contributed by atoms with Gasteiger partial charge in [-0.1, -0.05) is 61.5 Å². The number of amides is 1. The van der Waals surface area contributed by atoms with Crippen LogP contribution in [0.3, 0.4) is 0 Å². The first-order valence-corrected chi connectivity index (χ1v) is 9.98. The molecule has 1 atom stereocenters. The van der Waals surface area contributed by atoms with E-state index in [-0.39, 0.29) is 12.3 Å². The van der Waals surface area contributed by atoms with Gasteiger partial charge in [-0.05, 0) is 41.8 Å². The smallest absolute Gasteiger partial charge is 0.276 e. The Bertz CT molecular complexity index is 1060. The molecule has 0 radical (unpaired) electrons. The monoisotopic (exact) mass is 400 g/mol. The molecule has 3 aromatic rings. The van der Waals surface area contributed by atoms with Crippen LogP contribution in [-0.4, -0.2) is 28.8 Å². The molecule has 1 unspecified atom stereocenters. The van der Waals surface area contributed by atoms with Gasteiger partial charge in [0, 0.05) is 23.3 Å². The normalized spacial score (nSPS) is 18.2. The number of carbonyl (C=O) groups excluding carboxylic acids is 1. The average molecular weight is 400 g/mol. The Morgan fingerprint density at radius 3 is 2.23 bits per heavy atom. The highest BCUT2D eigenvalue weighted by molar-refractivity contribution is 5.98. The van der Waals surface area contributed by atoms with Crippen LogP contribution in [0.1, 0.15) is 35.7 Å². The lowest BCUT2D eigenvalue weighted by molar-refractivity contribution is -0.0765. The lowest BCUT2D eigenvalue weighted by Gasteiger charge is -2.31. The van der Waals surface area contributed by atoms with Crippen molar-refractivity contribution in [1.82, 2.24) is 5.01 Å². The molecule has 0 bridgehead atoms. The maximum absolute atomic E-state index is 13.3. The minimum absolute atomic E-state index is 0.281. The highest BCUT2D eigenvalue weighted by atomic mass is 16.5. The molecule has 0 saturated heterocycles. The van der Waals surface area contributed by atoms with E-state index in [2.05, 4.69) is 5.10 Å². The van der Waals surface area contributed by atoms with Crippen molar-refractivity contribution in [1.29, 1.82) is 0 Å². The van der Waals surface area contributed by atoms with Crippen LogP contribution in [0.25, 0.3) is 11.1 Å². The van der Waals surface area contributed by atoms with E-state index in [9.17, 15) is 9.90 Å². The highest BCUT2D eigenvalue weighted by Gasteiger charge is 2.45. The number of methoxy groups -OCH3 is 1. The predicted octanol–water partition coefficient (Wildman–Crippen LogP) is 4.82. The van der Waals surface area contributed by atoms with E-state index in [1.165, 1.54) is 5.01 Å². The van der Waals surface area contributed by atoms with Crippen molar-refractivity contribution in [2.24, 2.45) is 5.10 Å². The summed E-state index contributed by atoms with van der Waals surface area (Å²) < 4.78 is 5.21. The third-order valence-electron chi connectivity index (χ3n) is 5.43. The molecule has 3 aromatic carbocycles. The quantitative estimate of drug-likeness (QED) is 0.668. The summed E-state index contributed by atoms with van der Waals surface area (Å²) in [7, 11) is 1.59. The first-order chi connectivity index (χ1) is 14.5. The molecule has 1 amide bonds. The number of nitrogens with zero attached hydrogens (tertiary/aromatic N) is 2. The topological polar surface area (TPSA) is 62.1 Å². The van der Waals surface area contributed by atoms with Gasteiger partial charge in [-0.25, -0.2) is 0 Å². The van der Waals surface area contributed by atoms with E-state index in [1.807, 2.05) is 49.4 Å². The molecule has 30 heavy (non-hydrogen) atoms.